The van der Waals surface area contributed by atoms with Crippen LogP contribution in [0.3, 0.4) is 0 Å². The van der Waals surface area contributed by atoms with E-state index in [1.165, 1.54) is 32.1 Å². The second kappa shape index (κ2) is 6.83. The summed E-state index contributed by atoms with van der Waals surface area (Å²) in [6.07, 6.45) is 7.27. The van der Waals surface area contributed by atoms with Gasteiger partial charge in [0.15, 0.2) is 8.38 Å². The van der Waals surface area contributed by atoms with Crippen LogP contribution in [0.5, 0.6) is 0 Å². The van der Waals surface area contributed by atoms with E-state index in [1.54, 1.807) is 0 Å². The van der Waals surface area contributed by atoms with Crippen molar-refractivity contribution in [3.63, 3.8) is 0 Å². The third-order valence-corrected chi connectivity index (χ3v) is 4.87. The maximum Gasteiger partial charge on any atom is 0.174 e. The molecule has 0 spiro atoms. The van der Waals surface area contributed by atoms with Gasteiger partial charge in [-0.05, 0) is 40.5 Å². The molecule has 1 rings (SSSR count). The molecular formula is C12H25O2P. The molecule has 1 fully saturated rings. The molecule has 0 bridgehead atoms. The van der Waals surface area contributed by atoms with E-state index in [2.05, 4.69) is 27.7 Å². The molecule has 1 saturated carbocycles. The number of rotatable bonds is 5. The van der Waals surface area contributed by atoms with E-state index in [-0.39, 0.29) is 12.2 Å². The molecule has 0 aromatic heterocycles. The summed E-state index contributed by atoms with van der Waals surface area (Å²) in [6, 6.07) is 0. The van der Waals surface area contributed by atoms with Gasteiger partial charge in [-0.1, -0.05) is 19.3 Å². The molecule has 15 heavy (non-hydrogen) atoms. The largest absolute Gasteiger partial charge is 0.331 e. The SMILES string of the molecule is CC(C)OP(OC(C)C)C1CCCCC1. The summed E-state index contributed by atoms with van der Waals surface area (Å²) in [5.41, 5.74) is 0.679. The molecule has 2 nitrogen and oxygen atoms in total. The van der Waals surface area contributed by atoms with Gasteiger partial charge in [0.2, 0.25) is 0 Å². The lowest BCUT2D eigenvalue weighted by Gasteiger charge is -2.31. The minimum atomic E-state index is -0.658. The number of hydrogen-bond acceptors (Lipinski definition) is 2. The van der Waals surface area contributed by atoms with E-state index < -0.39 is 8.38 Å². The van der Waals surface area contributed by atoms with Crippen molar-refractivity contribution in [2.24, 2.45) is 0 Å². The van der Waals surface area contributed by atoms with Crippen molar-refractivity contribution in [2.75, 3.05) is 0 Å². The summed E-state index contributed by atoms with van der Waals surface area (Å²) in [6.45, 7) is 8.40. The maximum absolute atomic E-state index is 5.94. The molecule has 0 aromatic carbocycles. The highest BCUT2D eigenvalue weighted by molar-refractivity contribution is 7.48. The minimum absolute atomic E-state index is 0.289. The lowest BCUT2D eigenvalue weighted by Crippen LogP contribution is -2.17. The highest BCUT2D eigenvalue weighted by Crippen LogP contribution is 2.51. The Morgan fingerprint density at radius 3 is 1.73 bits per heavy atom. The molecule has 1 aliphatic carbocycles. The Morgan fingerprint density at radius 2 is 1.33 bits per heavy atom. The lowest BCUT2D eigenvalue weighted by molar-refractivity contribution is 0.168. The smallest absolute Gasteiger partial charge is 0.174 e. The Labute approximate surface area is 95.6 Å². The molecule has 0 amide bonds. The van der Waals surface area contributed by atoms with Crippen LogP contribution in [0.15, 0.2) is 0 Å². The van der Waals surface area contributed by atoms with Crippen molar-refractivity contribution in [3.8, 4) is 0 Å². The fourth-order valence-electron chi connectivity index (χ4n) is 1.90. The lowest BCUT2D eigenvalue weighted by atomic mass is 10.0. The molecular weight excluding hydrogens is 207 g/mol. The van der Waals surface area contributed by atoms with Crippen molar-refractivity contribution in [1.29, 1.82) is 0 Å². The van der Waals surface area contributed by atoms with E-state index in [0.29, 0.717) is 5.66 Å². The van der Waals surface area contributed by atoms with Crippen LogP contribution < -0.4 is 0 Å². The standard InChI is InChI=1S/C12H25O2P/c1-10(2)13-15(14-11(3)4)12-8-6-5-7-9-12/h10-12H,5-9H2,1-4H3. The minimum Gasteiger partial charge on any atom is -0.331 e. The van der Waals surface area contributed by atoms with E-state index in [0.717, 1.165) is 0 Å². The normalized spacial score (nSPS) is 19.4. The molecule has 0 radical (unpaired) electrons. The number of hydrogen-bond donors (Lipinski definition) is 0. The first-order valence-corrected chi connectivity index (χ1v) is 7.47. The second-order valence-corrected chi connectivity index (χ2v) is 6.61. The van der Waals surface area contributed by atoms with Crippen LogP contribution in [0.1, 0.15) is 59.8 Å². The summed E-state index contributed by atoms with van der Waals surface area (Å²) in [7, 11) is -0.658. The monoisotopic (exact) mass is 232 g/mol. The summed E-state index contributed by atoms with van der Waals surface area (Å²) in [4.78, 5) is 0. The van der Waals surface area contributed by atoms with Crippen LogP contribution in [0, 0.1) is 0 Å². The predicted molar refractivity (Wildman–Crippen MR) is 66.2 cm³/mol. The zero-order chi connectivity index (χ0) is 11.3. The van der Waals surface area contributed by atoms with Crippen LogP contribution in [0.2, 0.25) is 0 Å². The van der Waals surface area contributed by atoms with Crippen molar-refractivity contribution < 1.29 is 9.05 Å². The van der Waals surface area contributed by atoms with Crippen molar-refractivity contribution >= 4 is 8.38 Å². The van der Waals surface area contributed by atoms with Gasteiger partial charge in [-0.25, -0.2) is 0 Å². The summed E-state index contributed by atoms with van der Waals surface area (Å²) < 4.78 is 11.9. The van der Waals surface area contributed by atoms with Crippen molar-refractivity contribution in [3.05, 3.63) is 0 Å². The van der Waals surface area contributed by atoms with E-state index in [9.17, 15) is 0 Å². The van der Waals surface area contributed by atoms with E-state index in [4.69, 9.17) is 9.05 Å². The van der Waals surface area contributed by atoms with Gasteiger partial charge in [-0.15, -0.1) is 0 Å². The fourth-order valence-corrected chi connectivity index (χ4v) is 3.92. The highest BCUT2D eigenvalue weighted by Gasteiger charge is 2.27. The fraction of sp³-hybridized carbons (Fsp3) is 1.00. The molecule has 0 unspecified atom stereocenters. The predicted octanol–water partition coefficient (Wildman–Crippen LogP) is 4.48. The van der Waals surface area contributed by atoms with Crippen LogP contribution in [0.25, 0.3) is 0 Å². The summed E-state index contributed by atoms with van der Waals surface area (Å²) in [5.74, 6) is 0. The maximum atomic E-state index is 5.94. The van der Waals surface area contributed by atoms with Gasteiger partial charge in [0.1, 0.15) is 0 Å². The molecule has 0 saturated heterocycles. The van der Waals surface area contributed by atoms with Gasteiger partial charge >= 0.3 is 0 Å². The van der Waals surface area contributed by atoms with Crippen LogP contribution >= 0.6 is 8.38 Å². The average Bonchev–Trinajstić information content (AvgIpc) is 2.17. The van der Waals surface area contributed by atoms with Crippen LogP contribution in [-0.4, -0.2) is 17.9 Å². The third kappa shape index (κ3) is 5.29. The highest BCUT2D eigenvalue weighted by atomic mass is 31.2. The zero-order valence-electron chi connectivity index (χ0n) is 10.5. The third-order valence-electron chi connectivity index (χ3n) is 2.50. The topological polar surface area (TPSA) is 18.5 Å². The molecule has 0 aromatic rings. The van der Waals surface area contributed by atoms with Gasteiger partial charge in [-0.2, -0.15) is 0 Å². The van der Waals surface area contributed by atoms with Gasteiger partial charge in [0.25, 0.3) is 0 Å². The first-order chi connectivity index (χ1) is 7.09. The summed E-state index contributed by atoms with van der Waals surface area (Å²) in [5, 5.41) is 0. The van der Waals surface area contributed by atoms with Crippen LogP contribution in [0.4, 0.5) is 0 Å². The Bertz CT molecular complexity index is 155. The molecule has 3 heteroatoms. The Kier molecular flexibility index (Phi) is 6.11. The molecule has 90 valence electrons. The van der Waals surface area contributed by atoms with Crippen LogP contribution in [-0.2, 0) is 9.05 Å². The first-order valence-electron chi connectivity index (χ1n) is 6.22. The van der Waals surface area contributed by atoms with Gasteiger partial charge in [0.05, 0.1) is 12.2 Å². The zero-order valence-corrected chi connectivity index (χ0v) is 11.4. The molecule has 0 aliphatic heterocycles. The molecule has 0 N–H and O–H groups in total. The van der Waals surface area contributed by atoms with E-state index in [1.807, 2.05) is 0 Å². The molecule has 0 atom stereocenters. The van der Waals surface area contributed by atoms with E-state index >= 15 is 0 Å². The quantitative estimate of drug-likeness (QED) is 0.650. The Balaban J connectivity index is 2.45. The average molecular weight is 232 g/mol. The second-order valence-electron chi connectivity index (χ2n) is 4.89. The Hall–Kier alpha value is 0.350. The summed E-state index contributed by atoms with van der Waals surface area (Å²) >= 11 is 0. The van der Waals surface area contributed by atoms with Crippen molar-refractivity contribution in [2.45, 2.75) is 77.7 Å². The Morgan fingerprint density at radius 1 is 0.867 bits per heavy atom. The van der Waals surface area contributed by atoms with Gasteiger partial charge < -0.3 is 9.05 Å². The molecule has 0 heterocycles. The first kappa shape index (κ1) is 13.4. The van der Waals surface area contributed by atoms with Gasteiger partial charge in [-0.3, -0.25) is 0 Å². The molecule has 1 aliphatic rings. The van der Waals surface area contributed by atoms with Crippen molar-refractivity contribution in [1.82, 2.24) is 0 Å². The van der Waals surface area contributed by atoms with Gasteiger partial charge in [0, 0.05) is 5.66 Å².